The van der Waals surface area contributed by atoms with E-state index in [0.717, 1.165) is 16.7 Å². The van der Waals surface area contributed by atoms with Crippen molar-refractivity contribution in [2.24, 2.45) is 0 Å². The van der Waals surface area contributed by atoms with Crippen LogP contribution >= 0.6 is 0 Å². The molecule has 0 atom stereocenters. The minimum Gasteiger partial charge on any atom is -0.285 e. The van der Waals surface area contributed by atoms with E-state index < -0.39 is 0 Å². The summed E-state index contributed by atoms with van der Waals surface area (Å²) in [6.07, 6.45) is 0.481. The number of benzene rings is 1. The zero-order chi connectivity index (χ0) is 8.55. The highest BCUT2D eigenvalue weighted by atomic mass is 16.1. The van der Waals surface area contributed by atoms with Crippen LogP contribution in [0.3, 0.4) is 0 Å². The lowest BCUT2D eigenvalue weighted by atomic mass is 9.94. The second kappa shape index (κ2) is 2.49. The quantitative estimate of drug-likeness (QED) is 0.520. The third-order valence-electron chi connectivity index (χ3n) is 2.08. The molecule has 1 aliphatic carbocycles. The monoisotopic (exact) mass is 156 g/mol. The van der Waals surface area contributed by atoms with Crippen LogP contribution in [0.2, 0.25) is 0 Å². The van der Waals surface area contributed by atoms with Crippen molar-refractivity contribution >= 4 is 5.78 Å². The van der Waals surface area contributed by atoms with Crippen molar-refractivity contribution in [3.8, 4) is 11.8 Å². The average Bonchev–Trinajstić information content (AvgIpc) is 2.07. The number of carbonyl (C=O) groups excluding carboxylic acids is 1. The van der Waals surface area contributed by atoms with Crippen LogP contribution in [0.1, 0.15) is 16.7 Å². The number of hydrogen-bond donors (Lipinski definition) is 0. The first kappa shape index (κ1) is 7.12. The average molecular weight is 156 g/mol. The largest absolute Gasteiger partial charge is 0.285 e. The lowest BCUT2D eigenvalue weighted by Gasteiger charge is -2.08. The first-order chi connectivity index (χ1) is 5.77. The summed E-state index contributed by atoms with van der Waals surface area (Å²) in [5.74, 6) is 5.45. The van der Waals surface area contributed by atoms with Gasteiger partial charge in [0.05, 0.1) is 0 Å². The highest BCUT2D eigenvalue weighted by Gasteiger charge is 2.11. The lowest BCUT2D eigenvalue weighted by molar-refractivity contribution is -0.113. The topological polar surface area (TPSA) is 17.1 Å². The Morgan fingerprint density at radius 2 is 2.17 bits per heavy atom. The minimum absolute atomic E-state index is 0.0248. The minimum atomic E-state index is 0.0248. The van der Waals surface area contributed by atoms with Crippen LogP contribution in [0.4, 0.5) is 0 Å². The Labute approximate surface area is 71.4 Å². The zero-order valence-corrected chi connectivity index (χ0v) is 6.85. The Morgan fingerprint density at radius 1 is 1.33 bits per heavy atom. The van der Waals surface area contributed by atoms with Gasteiger partial charge in [0.15, 0.2) is 0 Å². The second-order valence-electron chi connectivity index (χ2n) is 2.95. The molecule has 0 saturated heterocycles. The summed E-state index contributed by atoms with van der Waals surface area (Å²) in [6.45, 7) is 2.01. The van der Waals surface area contributed by atoms with E-state index in [9.17, 15) is 4.79 Å². The molecule has 0 unspecified atom stereocenters. The van der Waals surface area contributed by atoms with E-state index in [-0.39, 0.29) is 5.78 Å². The molecular formula is C11H8O. The molecule has 0 amide bonds. The summed E-state index contributed by atoms with van der Waals surface area (Å²) in [7, 11) is 0. The van der Waals surface area contributed by atoms with Gasteiger partial charge >= 0.3 is 0 Å². The van der Waals surface area contributed by atoms with Crippen molar-refractivity contribution in [2.75, 3.05) is 0 Å². The standard InChI is InChI=1S/C11H8O/c1-8-3-2-4-9-5-6-10(12)7-11(8)9/h2-4H,7H2,1H3. The van der Waals surface area contributed by atoms with Crippen molar-refractivity contribution < 1.29 is 4.79 Å². The van der Waals surface area contributed by atoms with Gasteiger partial charge in [-0.2, -0.15) is 0 Å². The van der Waals surface area contributed by atoms with Gasteiger partial charge < -0.3 is 0 Å². The van der Waals surface area contributed by atoms with E-state index >= 15 is 0 Å². The summed E-state index contributed by atoms with van der Waals surface area (Å²) in [5, 5.41) is 0. The van der Waals surface area contributed by atoms with Crippen LogP contribution in [0.25, 0.3) is 0 Å². The van der Waals surface area contributed by atoms with Crippen LogP contribution < -0.4 is 0 Å². The van der Waals surface area contributed by atoms with E-state index in [1.807, 2.05) is 25.1 Å². The van der Waals surface area contributed by atoms with E-state index in [4.69, 9.17) is 0 Å². The molecule has 0 N–H and O–H groups in total. The zero-order valence-electron chi connectivity index (χ0n) is 6.85. The molecule has 12 heavy (non-hydrogen) atoms. The van der Waals surface area contributed by atoms with E-state index in [1.165, 1.54) is 0 Å². The van der Waals surface area contributed by atoms with Crippen LogP contribution in [0.15, 0.2) is 18.2 Å². The summed E-state index contributed by atoms with van der Waals surface area (Å²) < 4.78 is 0. The lowest BCUT2D eigenvalue weighted by Crippen LogP contribution is -2.07. The molecular weight excluding hydrogens is 148 g/mol. The molecule has 0 spiro atoms. The van der Waals surface area contributed by atoms with Gasteiger partial charge in [-0.15, -0.1) is 0 Å². The van der Waals surface area contributed by atoms with Gasteiger partial charge in [0.2, 0.25) is 5.78 Å². The molecule has 2 rings (SSSR count). The third-order valence-corrected chi connectivity index (χ3v) is 2.08. The Balaban J connectivity index is 2.66. The van der Waals surface area contributed by atoms with Crippen LogP contribution in [0, 0.1) is 18.8 Å². The molecule has 58 valence electrons. The molecule has 0 aliphatic heterocycles. The first-order valence-electron chi connectivity index (χ1n) is 3.91. The number of aryl methyl sites for hydroxylation is 1. The maximum Gasteiger partial charge on any atom is 0.210 e. The molecule has 0 saturated carbocycles. The van der Waals surface area contributed by atoms with Crippen molar-refractivity contribution in [3.05, 3.63) is 34.9 Å². The Bertz CT molecular complexity index is 405. The Hall–Kier alpha value is -1.55. The Morgan fingerprint density at radius 3 is 3.00 bits per heavy atom. The molecule has 0 aromatic heterocycles. The van der Waals surface area contributed by atoms with Gasteiger partial charge in [0.25, 0.3) is 0 Å². The summed E-state index contributed by atoms with van der Waals surface area (Å²) >= 11 is 0. The predicted molar refractivity (Wildman–Crippen MR) is 46.8 cm³/mol. The maximum atomic E-state index is 11.0. The molecule has 1 nitrogen and oxygen atoms in total. The molecule has 1 aliphatic rings. The number of rotatable bonds is 0. The molecule has 0 fully saturated rings. The predicted octanol–water partition coefficient (Wildman–Crippen LogP) is 1.47. The number of Topliss-reactive ketones (excluding diaryl/α,β-unsaturated/α-hetero) is 1. The normalized spacial score (nSPS) is 13.2. The fourth-order valence-corrected chi connectivity index (χ4v) is 1.40. The van der Waals surface area contributed by atoms with Crippen molar-refractivity contribution in [2.45, 2.75) is 13.3 Å². The summed E-state index contributed by atoms with van der Waals surface area (Å²) in [4.78, 5) is 11.0. The Kier molecular flexibility index (Phi) is 1.48. The van der Waals surface area contributed by atoms with Crippen LogP contribution in [-0.4, -0.2) is 5.78 Å². The number of carbonyl (C=O) groups is 1. The van der Waals surface area contributed by atoms with Crippen LogP contribution in [-0.2, 0) is 11.2 Å². The van der Waals surface area contributed by atoms with Gasteiger partial charge in [-0.25, -0.2) is 0 Å². The van der Waals surface area contributed by atoms with E-state index in [2.05, 4.69) is 11.8 Å². The van der Waals surface area contributed by atoms with E-state index in [0.29, 0.717) is 6.42 Å². The highest BCUT2D eigenvalue weighted by Crippen LogP contribution is 2.16. The number of hydrogen-bond acceptors (Lipinski definition) is 1. The van der Waals surface area contributed by atoms with Gasteiger partial charge in [-0.05, 0) is 30.0 Å². The molecule has 1 aromatic rings. The third kappa shape index (κ3) is 1.02. The van der Waals surface area contributed by atoms with Gasteiger partial charge in [-0.3, -0.25) is 4.79 Å². The van der Waals surface area contributed by atoms with Crippen molar-refractivity contribution in [1.29, 1.82) is 0 Å². The first-order valence-corrected chi connectivity index (χ1v) is 3.91. The SMILES string of the molecule is Cc1cccc2c1CC(=O)C#C2. The maximum absolute atomic E-state index is 11.0. The summed E-state index contributed by atoms with van der Waals surface area (Å²) in [6, 6.07) is 5.94. The van der Waals surface area contributed by atoms with Gasteiger partial charge in [-0.1, -0.05) is 18.1 Å². The number of ketones is 1. The van der Waals surface area contributed by atoms with Crippen molar-refractivity contribution in [3.63, 3.8) is 0 Å². The van der Waals surface area contributed by atoms with Gasteiger partial charge in [0, 0.05) is 12.0 Å². The fraction of sp³-hybridized carbons (Fsp3) is 0.182. The second-order valence-corrected chi connectivity index (χ2v) is 2.95. The van der Waals surface area contributed by atoms with Crippen molar-refractivity contribution in [1.82, 2.24) is 0 Å². The van der Waals surface area contributed by atoms with E-state index in [1.54, 1.807) is 0 Å². The molecule has 0 bridgehead atoms. The summed E-state index contributed by atoms with van der Waals surface area (Å²) in [5.41, 5.74) is 3.27. The number of fused-ring (bicyclic) bond motifs is 1. The molecule has 0 heterocycles. The molecule has 1 heteroatoms. The fourth-order valence-electron chi connectivity index (χ4n) is 1.40. The molecule has 1 aromatic carbocycles. The highest BCUT2D eigenvalue weighted by molar-refractivity contribution is 5.99. The van der Waals surface area contributed by atoms with Gasteiger partial charge in [0.1, 0.15) is 0 Å². The smallest absolute Gasteiger partial charge is 0.210 e. The molecule has 0 radical (unpaired) electrons. The van der Waals surface area contributed by atoms with Crippen LogP contribution in [0.5, 0.6) is 0 Å².